The molecule has 5 unspecified atom stereocenters. The Labute approximate surface area is 130 Å². The molecule has 0 aliphatic heterocycles. The van der Waals surface area contributed by atoms with Gasteiger partial charge in [-0.1, -0.05) is 37.3 Å². The molecule has 0 radical (unpaired) electrons. The molecule has 1 aliphatic carbocycles. The SMILES string of the molecule is CC(O)C(C)SC1CC(c2ccccc2)CCC1C(=O)O. The Kier molecular flexibility index (Phi) is 5.71. The van der Waals surface area contributed by atoms with Crippen molar-refractivity contribution >= 4 is 17.7 Å². The van der Waals surface area contributed by atoms with Crippen LogP contribution in [0.2, 0.25) is 0 Å². The van der Waals surface area contributed by atoms with E-state index in [4.69, 9.17) is 0 Å². The molecule has 116 valence electrons. The number of rotatable bonds is 5. The quantitative estimate of drug-likeness (QED) is 0.874. The number of aliphatic hydroxyl groups excluding tert-OH is 1. The van der Waals surface area contributed by atoms with Gasteiger partial charge >= 0.3 is 5.97 Å². The summed E-state index contributed by atoms with van der Waals surface area (Å²) >= 11 is 1.63. The average Bonchev–Trinajstić information content (AvgIpc) is 2.47. The summed E-state index contributed by atoms with van der Waals surface area (Å²) < 4.78 is 0. The van der Waals surface area contributed by atoms with Gasteiger partial charge in [0.25, 0.3) is 0 Å². The largest absolute Gasteiger partial charge is 0.481 e. The average molecular weight is 308 g/mol. The third-order valence-corrected chi connectivity index (χ3v) is 6.14. The van der Waals surface area contributed by atoms with Gasteiger partial charge in [-0.3, -0.25) is 4.79 Å². The Balaban J connectivity index is 2.10. The van der Waals surface area contributed by atoms with Crippen molar-refractivity contribution in [3.8, 4) is 0 Å². The van der Waals surface area contributed by atoms with Crippen LogP contribution in [0.4, 0.5) is 0 Å². The summed E-state index contributed by atoms with van der Waals surface area (Å²) in [5.74, 6) is -0.562. The van der Waals surface area contributed by atoms with E-state index in [0.29, 0.717) is 5.92 Å². The first kappa shape index (κ1) is 16.4. The molecule has 1 aliphatic rings. The van der Waals surface area contributed by atoms with Gasteiger partial charge in [0.15, 0.2) is 0 Å². The maximum absolute atomic E-state index is 11.5. The fourth-order valence-corrected chi connectivity index (χ4v) is 4.54. The normalized spacial score (nSPS) is 28.8. The Bertz CT molecular complexity index is 460. The van der Waals surface area contributed by atoms with Crippen LogP contribution in [-0.2, 0) is 4.79 Å². The molecule has 2 rings (SSSR count). The first-order valence-electron chi connectivity index (χ1n) is 7.60. The third-order valence-electron chi connectivity index (χ3n) is 4.45. The fourth-order valence-electron chi connectivity index (χ4n) is 2.98. The van der Waals surface area contributed by atoms with Crippen molar-refractivity contribution in [1.29, 1.82) is 0 Å². The van der Waals surface area contributed by atoms with Crippen molar-refractivity contribution in [3.63, 3.8) is 0 Å². The van der Waals surface area contributed by atoms with E-state index in [-0.39, 0.29) is 16.4 Å². The minimum absolute atomic E-state index is 0.0615. The number of aliphatic carboxylic acids is 1. The summed E-state index contributed by atoms with van der Waals surface area (Å²) in [5, 5.41) is 19.3. The molecular formula is C17H24O3S. The van der Waals surface area contributed by atoms with Crippen molar-refractivity contribution in [3.05, 3.63) is 35.9 Å². The Morgan fingerprint density at radius 1 is 1.24 bits per heavy atom. The minimum atomic E-state index is -0.697. The molecule has 21 heavy (non-hydrogen) atoms. The molecule has 0 bridgehead atoms. The van der Waals surface area contributed by atoms with E-state index in [0.717, 1.165) is 19.3 Å². The first-order valence-corrected chi connectivity index (χ1v) is 8.54. The smallest absolute Gasteiger partial charge is 0.307 e. The third kappa shape index (κ3) is 4.24. The number of benzene rings is 1. The summed E-state index contributed by atoms with van der Waals surface area (Å²) in [6.07, 6.45) is 2.12. The molecule has 0 saturated heterocycles. The van der Waals surface area contributed by atoms with Gasteiger partial charge in [0.1, 0.15) is 0 Å². The Morgan fingerprint density at radius 3 is 2.48 bits per heavy atom. The standard InChI is InChI=1S/C17H24O3S/c1-11(18)12(2)21-16-10-14(8-9-15(16)17(19)20)13-6-4-3-5-7-13/h3-7,11-12,14-16,18H,8-10H2,1-2H3,(H,19,20). The molecule has 2 N–H and O–H groups in total. The number of carboxylic acids is 1. The second-order valence-corrected chi connectivity index (χ2v) is 7.61. The fraction of sp³-hybridized carbons (Fsp3) is 0.588. The van der Waals surface area contributed by atoms with Crippen molar-refractivity contribution in [1.82, 2.24) is 0 Å². The van der Waals surface area contributed by atoms with Crippen LogP contribution in [0, 0.1) is 5.92 Å². The number of carboxylic acid groups (broad SMARTS) is 1. The van der Waals surface area contributed by atoms with E-state index < -0.39 is 12.1 Å². The van der Waals surface area contributed by atoms with Gasteiger partial charge in [0.05, 0.1) is 12.0 Å². The topological polar surface area (TPSA) is 57.5 Å². The van der Waals surface area contributed by atoms with E-state index in [1.165, 1.54) is 5.56 Å². The lowest BCUT2D eigenvalue weighted by molar-refractivity contribution is -0.142. The zero-order chi connectivity index (χ0) is 15.4. The second kappa shape index (κ2) is 7.32. The molecule has 0 spiro atoms. The van der Waals surface area contributed by atoms with E-state index in [1.807, 2.05) is 25.1 Å². The molecule has 5 atom stereocenters. The van der Waals surface area contributed by atoms with E-state index in [2.05, 4.69) is 12.1 Å². The molecule has 1 fully saturated rings. The number of thioether (sulfide) groups is 1. The molecule has 3 nitrogen and oxygen atoms in total. The summed E-state index contributed by atoms with van der Waals surface area (Å²) in [6.45, 7) is 3.74. The lowest BCUT2D eigenvalue weighted by Crippen LogP contribution is -2.34. The summed E-state index contributed by atoms with van der Waals surface area (Å²) in [7, 11) is 0. The molecule has 1 aromatic carbocycles. The highest BCUT2D eigenvalue weighted by atomic mass is 32.2. The summed E-state index contributed by atoms with van der Waals surface area (Å²) in [4.78, 5) is 11.5. The highest BCUT2D eigenvalue weighted by Gasteiger charge is 2.37. The number of aliphatic hydroxyl groups is 1. The van der Waals surface area contributed by atoms with Gasteiger partial charge in [0.2, 0.25) is 0 Å². The minimum Gasteiger partial charge on any atom is -0.481 e. The number of hydrogen-bond acceptors (Lipinski definition) is 3. The van der Waals surface area contributed by atoms with Crippen LogP contribution >= 0.6 is 11.8 Å². The van der Waals surface area contributed by atoms with Crippen molar-refractivity contribution in [2.24, 2.45) is 5.92 Å². The van der Waals surface area contributed by atoms with Crippen LogP contribution in [0.15, 0.2) is 30.3 Å². The molecule has 4 heteroatoms. The van der Waals surface area contributed by atoms with Crippen LogP contribution in [-0.4, -0.2) is 32.8 Å². The summed E-state index contributed by atoms with van der Waals surface area (Å²) in [5.41, 5.74) is 1.30. The van der Waals surface area contributed by atoms with Gasteiger partial charge in [-0.15, -0.1) is 0 Å². The van der Waals surface area contributed by atoms with Crippen LogP contribution < -0.4 is 0 Å². The van der Waals surface area contributed by atoms with Crippen LogP contribution in [0.3, 0.4) is 0 Å². The lowest BCUT2D eigenvalue weighted by atomic mass is 9.78. The molecule has 1 saturated carbocycles. The molecule has 0 aromatic heterocycles. The first-order chi connectivity index (χ1) is 9.99. The van der Waals surface area contributed by atoms with Crippen molar-refractivity contribution in [2.45, 2.75) is 55.6 Å². The maximum Gasteiger partial charge on any atom is 0.307 e. The van der Waals surface area contributed by atoms with Crippen LogP contribution in [0.1, 0.15) is 44.6 Å². The predicted molar refractivity (Wildman–Crippen MR) is 86.7 cm³/mol. The van der Waals surface area contributed by atoms with Gasteiger partial charge in [-0.25, -0.2) is 0 Å². The number of carbonyl (C=O) groups is 1. The monoisotopic (exact) mass is 308 g/mol. The Morgan fingerprint density at radius 2 is 1.90 bits per heavy atom. The number of hydrogen-bond donors (Lipinski definition) is 2. The van der Waals surface area contributed by atoms with Crippen LogP contribution in [0.5, 0.6) is 0 Å². The van der Waals surface area contributed by atoms with Gasteiger partial charge in [-0.05, 0) is 37.7 Å². The highest BCUT2D eigenvalue weighted by Crippen LogP contribution is 2.43. The predicted octanol–water partition coefficient (Wildman–Crippen LogP) is 3.53. The van der Waals surface area contributed by atoms with Gasteiger partial charge in [-0.2, -0.15) is 11.8 Å². The Hall–Kier alpha value is -1.00. The molecule has 0 amide bonds. The van der Waals surface area contributed by atoms with E-state index in [1.54, 1.807) is 18.7 Å². The highest BCUT2D eigenvalue weighted by molar-refractivity contribution is 8.00. The summed E-state index contributed by atoms with van der Waals surface area (Å²) in [6, 6.07) is 10.4. The lowest BCUT2D eigenvalue weighted by Gasteiger charge is -2.35. The molecule has 0 heterocycles. The van der Waals surface area contributed by atoms with Gasteiger partial charge < -0.3 is 10.2 Å². The zero-order valence-corrected chi connectivity index (χ0v) is 13.4. The molecule has 1 aromatic rings. The van der Waals surface area contributed by atoms with Crippen molar-refractivity contribution in [2.75, 3.05) is 0 Å². The van der Waals surface area contributed by atoms with E-state index in [9.17, 15) is 15.0 Å². The molecular weight excluding hydrogens is 284 g/mol. The van der Waals surface area contributed by atoms with Gasteiger partial charge in [0, 0.05) is 10.5 Å². The van der Waals surface area contributed by atoms with Crippen LogP contribution in [0.25, 0.3) is 0 Å². The van der Waals surface area contributed by atoms with Crippen molar-refractivity contribution < 1.29 is 15.0 Å². The maximum atomic E-state index is 11.5. The second-order valence-electron chi connectivity index (χ2n) is 5.99. The zero-order valence-electron chi connectivity index (χ0n) is 12.6. The van der Waals surface area contributed by atoms with E-state index >= 15 is 0 Å².